The van der Waals surface area contributed by atoms with Crippen molar-refractivity contribution in [2.24, 2.45) is 0 Å². The average Bonchev–Trinajstić information content (AvgIpc) is 2.63. The van der Waals surface area contributed by atoms with Crippen molar-refractivity contribution in [1.29, 1.82) is 0 Å². The molecule has 9 heteroatoms. The molecule has 150 valence electrons. The Morgan fingerprint density at radius 1 is 1.00 bits per heavy atom. The number of hydrogen-bond donors (Lipinski definition) is 4. The molecule has 27 heavy (non-hydrogen) atoms. The van der Waals surface area contributed by atoms with E-state index in [2.05, 4.69) is 34.6 Å². The Morgan fingerprint density at radius 2 is 1.56 bits per heavy atom. The summed E-state index contributed by atoms with van der Waals surface area (Å²) in [6, 6.07) is 3.43. The third kappa shape index (κ3) is 16.4. The Labute approximate surface area is 159 Å². The number of amides is 1. The van der Waals surface area contributed by atoms with E-state index in [4.69, 9.17) is 10.2 Å². The Hall–Kier alpha value is -2.78. The van der Waals surface area contributed by atoms with Crippen LogP contribution in [-0.2, 0) is 9.59 Å². The number of pyridine rings is 1. The first-order valence-electron chi connectivity index (χ1n) is 8.50. The summed E-state index contributed by atoms with van der Waals surface area (Å²) in [4.78, 5) is 36.9. The van der Waals surface area contributed by atoms with Crippen molar-refractivity contribution in [3.63, 3.8) is 0 Å². The van der Waals surface area contributed by atoms with Crippen molar-refractivity contribution < 1.29 is 24.6 Å². The second-order valence-corrected chi connectivity index (χ2v) is 5.76. The van der Waals surface area contributed by atoms with Crippen molar-refractivity contribution in [3.05, 3.63) is 42.2 Å². The Bertz CT molecular complexity index is 575. The minimum Gasteiger partial charge on any atom is -0.478 e. The number of nitrogens with zero attached hydrogens (tertiary/aromatic N) is 2. The van der Waals surface area contributed by atoms with Crippen LogP contribution in [0.2, 0.25) is 0 Å². The van der Waals surface area contributed by atoms with E-state index in [1.165, 1.54) is 0 Å². The highest BCUT2D eigenvalue weighted by Crippen LogP contribution is 1.95. The summed E-state index contributed by atoms with van der Waals surface area (Å²) >= 11 is 0. The molecule has 0 unspecified atom stereocenters. The molecule has 0 saturated carbocycles. The summed E-state index contributed by atoms with van der Waals surface area (Å²) in [7, 11) is 4.16. The highest BCUT2D eigenvalue weighted by Gasteiger charge is 2.02. The molecule has 1 aromatic rings. The van der Waals surface area contributed by atoms with Gasteiger partial charge < -0.3 is 25.7 Å². The number of carboxylic acids is 2. The van der Waals surface area contributed by atoms with Crippen LogP contribution in [0, 0.1) is 0 Å². The van der Waals surface area contributed by atoms with E-state index in [9.17, 15) is 14.4 Å². The summed E-state index contributed by atoms with van der Waals surface area (Å²) in [6.07, 6.45) is 6.46. The molecule has 0 bridgehead atoms. The predicted octanol–water partition coefficient (Wildman–Crippen LogP) is 0.455. The van der Waals surface area contributed by atoms with Gasteiger partial charge in [0, 0.05) is 36.7 Å². The van der Waals surface area contributed by atoms with Gasteiger partial charge in [-0.3, -0.25) is 9.78 Å². The lowest BCUT2D eigenvalue weighted by atomic mass is 10.2. The molecule has 1 aromatic heterocycles. The van der Waals surface area contributed by atoms with Gasteiger partial charge in [0.2, 0.25) is 0 Å². The van der Waals surface area contributed by atoms with Crippen molar-refractivity contribution in [2.45, 2.75) is 12.8 Å². The number of aromatic nitrogens is 1. The summed E-state index contributed by atoms with van der Waals surface area (Å²) in [5.74, 6) is -2.55. The maximum Gasteiger partial charge on any atom is 0.328 e. The number of hydrogen-bond acceptors (Lipinski definition) is 6. The molecule has 0 fully saturated rings. The van der Waals surface area contributed by atoms with Crippen molar-refractivity contribution in [1.82, 2.24) is 20.5 Å². The molecule has 0 aliphatic heterocycles. The quantitative estimate of drug-likeness (QED) is 0.321. The highest BCUT2D eigenvalue weighted by atomic mass is 16.4. The molecule has 4 N–H and O–H groups in total. The molecule has 0 radical (unpaired) electrons. The first-order valence-corrected chi connectivity index (χ1v) is 8.50. The molecular weight excluding hydrogens is 352 g/mol. The number of rotatable bonds is 11. The standard InChI is InChI=1S/C14H24N4O.C4H4O4/c1-18(2)12-4-8-15-7-3-9-17-14(19)13-5-10-16-11-6-13;5-3(6)1-2-4(7)8/h5-6,10-11,15H,3-4,7-9,12H2,1-2H3,(H,17,19);1-2H,(H,5,6)(H,7,8)/b;2-1+. The molecule has 1 amide bonds. The number of aliphatic carboxylic acids is 2. The van der Waals surface area contributed by atoms with Gasteiger partial charge in [-0.15, -0.1) is 0 Å². The maximum absolute atomic E-state index is 11.7. The van der Waals surface area contributed by atoms with Crippen molar-refractivity contribution in [3.8, 4) is 0 Å². The van der Waals surface area contributed by atoms with Crippen molar-refractivity contribution in [2.75, 3.05) is 40.3 Å². The summed E-state index contributed by atoms with van der Waals surface area (Å²) in [5, 5.41) is 21.9. The normalized spacial score (nSPS) is 10.3. The summed E-state index contributed by atoms with van der Waals surface area (Å²) in [5.41, 5.74) is 0.661. The molecule has 1 heterocycles. The molecular formula is C18H28N4O5. The monoisotopic (exact) mass is 380 g/mol. The van der Waals surface area contributed by atoms with Crippen LogP contribution < -0.4 is 10.6 Å². The fourth-order valence-electron chi connectivity index (χ4n) is 1.81. The number of nitrogens with one attached hydrogen (secondary N) is 2. The van der Waals surface area contributed by atoms with Crippen LogP contribution in [0.4, 0.5) is 0 Å². The Kier molecular flexibility index (Phi) is 13.9. The Morgan fingerprint density at radius 3 is 2.07 bits per heavy atom. The minimum atomic E-state index is -1.26. The van der Waals surface area contributed by atoms with E-state index in [1.807, 2.05) is 0 Å². The zero-order valence-electron chi connectivity index (χ0n) is 15.7. The van der Waals surface area contributed by atoms with Crippen LogP contribution in [0.1, 0.15) is 23.2 Å². The van der Waals surface area contributed by atoms with E-state index in [0.29, 0.717) is 24.3 Å². The van der Waals surface area contributed by atoms with E-state index in [1.54, 1.807) is 24.5 Å². The van der Waals surface area contributed by atoms with Crippen LogP contribution in [-0.4, -0.2) is 78.2 Å². The number of carbonyl (C=O) groups excluding carboxylic acids is 1. The largest absolute Gasteiger partial charge is 0.478 e. The minimum absolute atomic E-state index is 0.0324. The Balaban J connectivity index is 0.000000713. The van der Waals surface area contributed by atoms with Gasteiger partial charge in [0.1, 0.15) is 0 Å². The SMILES string of the molecule is CN(C)CCCNCCCNC(=O)c1ccncc1.O=C(O)/C=C/C(=O)O. The van der Waals surface area contributed by atoms with Crippen LogP contribution in [0.3, 0.4) is 0 Å². The average molecular weight is 380 g/mol. The van der Waals surface area contributed by atoms with Gasteiger partial charge >= 0.3 is 11.9 Å². The summed E-state index contributed by atoms with van der Waals surface area (Å²) < 4.78 is 0. The lowest BCUT2D eigenvalue weighted by Gasteiger charge is -2.10. The zero-order chi connectivity index (χ0) is 20.5. The van der Waals surface area contributed by atoms with Gasteiger partial charge in [0.25, 0.3) is 5.91 Å². The molecule has 0 aromatic carbocycles. The van der Waals surface area contributed by atoms with Gasteiger partial charge in [-0.25, -0.2) is 9.59 Å². The van der Waals surface area contributed by atoms with E-state index in [0.717, 1.165) is 32.5 Å². The van der Waals surface area contributed by atoms with Gasteiger partial charge in [-0.05, 0) is 58.7 Å². The molecule has 0 aliphatic carbocycles. The number of carboxylic acid groups (broad SMARTS) is 2. The molecule has 0 atom stereocenters. The molecule has 9 nitrogen and oxygen atoms in total. The fourth-order valence-corrected chi connectivity index (χ4v) is 1.81. The smallest absolute Gasteiger partial charge is 0.328 e. The molecule has 0 aliphatic rings. The summed E-state index contributed by atoms with van der Waals surface area (Å²) in [6.45, 7) is 3.76. The van der Waals surface area contributed by atoms with E-state index >= 15 is 0 Å². The van der Waals surface area contributed by atoms with Crippen LogP contribution in [0.15, 0.2) is 36.7 Å². The zero-order valence-corrected chi connectivity index (χ0v) is 15.7. The van der Waals surface area contributed by atoms with Crippen LogP contribution >= 0.6 is 0 Å². The van der Waals surface area contributed by atoms with Crippen molar-refractivity contribution >= 4 is 17.8 Å². The van der Waals surface area contributed by atoms with Gasteiger partial charge in [0.15, 0.2) is 0 Å². The lowest BCUT2D eigenvalue weighted by Crippen LogP contribution is -2.28. The third-order valence-corrected chi connectivity index (χ3v) is 3.09. The molecule has 0 saturated heterocycles. The fraction of sp³-hybridized carbons (Fsp3) is 0.444. The first-order chi connectivity index (χ1) is 12.8. The maximum atomic E-state index is 11.7. The molecule has 0 spiro atoms. The van der Waals surface area contributed by atoms with E-state index in [-0.39, 0.29) is 5.91 Å². The first kappa shape index (κ1) is 24.2. The topological polar surface area (TPSA) is 132 Å². The van der Waals surface area contributed by atoms with E-state index < -0.39 is 11.9 Å². The van der Waals surface area contributed by atoms with Gasteiger partial charge in [-0.2, -0.15) is 0 Å². The van der Waals surface area contributed by atoms with Crippen LogP contribution in [0.5, 0.6) is 0 Å². The van der Waals surface area contributed by atoms with Gasteiger partial charge in [0.05, 0.1) is 0 Å². The highest BCUT2D eigenvalue weighted by molar-refractivity contribution is 5.93. The van der Waals surface area contributed by atoms with Gasteiger partial charge in [-0.1, -0.05) is 0 Å². The third-order valence-electron chi connectivity index (χ3n) is 3.09. The molecule has 1 rings (SSSR count). The second-order valence-electron chi connectivity index (χ2n) is 5.76. The predicted molar refractivity (Wildman–Crippen MR) is 102 cm³/mol. The lowest BCUT2D eigenvalue weighted by molar-refractivity contribution is -0.134. The van der Waals surface area contributed by atoms with Crippen LogP contribution in [0.25, 0.3) is 0 Å². The second kappa shape index (κ2) is 15.5. The number of carbonyl (C=O) groups is 3.